The molecule has 0 aliphatic heterocycles. The van der Waals surface area contributed by atoms with E-state index >= 15 is 0 Å². The van der Waals surface area contributed by atoms with Crippen molar-refractivity contribution in [3.8, 4) is 0 Å². The van der Waals surface area contributed by atoms with Crippen LogP contribution in [0.2, 0.25) is 0 Å². The summed E-state index contributed by atoms with van der Waals surface area (Å²) in [4.78, 5) is 4.45. The summed E-state index contributed by atoms with van der Waals surface area (Å²) in [6, 6.07) is 8.43. The van der Waals surface area contributed by atoms with Gasteiger partial charge in [-0.15, -0.1) is 0 Å². The predicted molar refractivity (Wildman–Crippen MR) is 76.6 cm³/mol. The number of nitrogens with one attached hydrogen (secondary N) is 1. The lowest BCUT2D eigenvalue weighted by molar-refractivity contribution is 0.642. The molecule has 94 valence electrons. The highest BCUT2D eigenvalue weighted by Crippen LogP contribution is 2.34. The number of fused-ring (bicyclic) bond motifs is 1. The highest BCUT2D eigenvalue weighted by molar-refractivity contribution is 5.98. The molecule has 0 bridgehead atoms. The van der Waals surface area contributed by atoms with Crippen LogP contribution in [-0.4, -0.2) is 11.0 Å². The number of nitrogen functional groups attached to an aromatic ring is 1. The lowest BCUT2D eigenvalue weighted by atomic mass is 10.1. The Balaban J connectivity index is 1.88. The molecule has 1 unspecified atom stereocenters. The van der Waals surface area contributed by atoms with Crippen LogP contribution < -0.4 is 11.1 Å². The summed E-state index contributed by atoms with van der Waals surface area (Å²) >= 11 is 0. The molecule has 2 aromatic rings. The maximum atomic E-state index is 5.98. The van der Waals surface area contributed by atoms with Crippen molar-refractivity contribution in [2.24, 2.45) is 5.92 Å². The Morgan fingerprint density at radius 2 is 2.22 bits per heavy atom. The number of rotatable bonds is 4. The maximum absolute atomic E-state index is 5.98. The van der Waals surface area contributed by atoms with Gasteiger partial charge in [-0.2, -0.15) is 0 Å². The zero-order valence-electron chi connectivity index (χ0n) is 10.7. The summed E-state index contributed by atoms with van der Waals surface area (Å²) in [6.45, 7) is 2.24. The van der Waals surface area contributed by atoms with Crippen LogP contribution in [0.15, 0.2) is 30.5 Å². The molecular formula is C15H19N3. The van der Waals surface area contributed by atoms with Crippen molar-refractivity contribution in [3.05, 3.63) is 30.5 Å². The molecule has 1 saturated carbocycles. The van der Waals surface area contributed by atoms with Gasteiger partial charge in [-0.1, -0.05) is 12.8 Å². The molecule has 1 atom stereocenters. The molecule has 0 spiro atoms. The summed E-state index contributed by atoms with van der Waals surface area (Å²) in [5.74, 6) is 0.931. The van der Waals surface area contributed by atoms with E-state index in [0.29, 0.717) is 6.04 Å². The van der Waals surface area contributed by atoms with Gasteiger partial charge >= 0.3 is 0 Å². The molecule has 1 aromatic carbocycles. The van der Waals surface area contributed by atoms with E-state index in [1.165, 1.54) is 19.3 Å². The van der Waals surface area contributed by atoms with Gasteiger partial charge in [-0.05, 0) is 43.5 Å². The van der Waals surface area contributed by atoms with E-state index in [1.54, 1.807) is 0 Å². The van der Waals surface area contributed by atoms with Crippen LogP contribution in [0.5, 0.6) is 0 Å². The number of hydrogen-bond acceptors (Lipinski definition) is 3. The Morgan fingerprint density at radius 3 is 3.00 bits per heavy atom. The molecular weight excluding hydrogens is 222 g/mol. The van der Waals surface area contributed by atoms with Crippen molar-refractivity contribution < 1.29 is 0 Å². The molecule has 3 nitrogen and oxygen atoms in total. The van der Waals surface area contributed by atoms with Gasteiger partial charge in [-0.3, -0.25) is 4.98 Å². The quantitative estimate of drug-likeness (QED) is 0.806. The van der Waals surface area contributed by atoms with Crippen LogP contribution in [0.1, 0.15) is 26.2 Å². The average Bonchev–Trinajstić information content (AvgIpc) is 3.17. The summed E-state index contributed by atoms with van der Waals surface area (Å²) in [5.41, 5.74) is 8.83. The van der Waals surface area contributed by atoms with E-state index in [2.05, 4.69) is 17.2 Å². The first-order valence-corrected chi connectivity index (χ1v) is 6.64. The molecule has 0 saturated heterocycles. The average molecular weight is 241 g/mol. The van der Waals surface area contributed by atoms with E-state index in [-0.39, 0.29) is 0 Å². The van der Waals surface area contributed by atoms with Gasteiger partial charge in [0.2, 0.25) is 0 Å². The van der Waals surface area contributed by atoms with E-state index in [1.807, 2.05) is 30.5 Å². The molecule has 1 aromatic heterocycles. The molecule has 3 N–H and O–H groups in total. The molecule has 1 heterocycles. The Morgan fingerprint density at radius 1 is 1.39 bits per heavy atom. The normalized spacial score (nSPS) is 16.7. The predicted octanol–water partition coefficient (Wildman–Crippen LogP) is 3.42. The number of anilines is 2. The van der Waals surface area contributed by atoms with Crippen LogP contribution in [0, 0.1) is 5.92 Å². The summed E-state index contributed by atoms with van der Waals surface area (Å²) in [6.07, 6.45) is 5.86. The Labute approximate surface area is 107 Å². The van der Waals surface area contributed by atoms with Crippen molar-refractivity contribution in [3.63, 3.8) is 0 Å². The molecule has 1 aliphatic rings. The molecule has 18 heavy (non-hydrogen) atoms. The fourth-order valence-corrected chi connectivity index (χ4v) is 2.49. The topological polar surface area (TPSA) is 50.9 Å². The molecule has 1 aliphatic carbocycles. The van der Waals surface area contributed by atoms with Gasteiger partial charge in [-0.25, -0.2) is 0 Å². The van der Waals surface area contributed by atoms with Crippen LogP contribution in [0.4, 0.5) is 11.4 Å². The number of hydrogen-bond donors (Lipinski definition) is 2. The lowest BCUT2D eigenvalue weighted by Gasteiger charge is -2.16. The summed E-state index contributed by atoms with van der Waals surface area (Å²) in [7, 11) is 0. The maximum Gasteiger partial charge on any atom is 0.0953 e. The smallest absolute Gasteiger partial charge is 0.0953 e. The highest BCUT2D eigenvalue weighted by atomic mass is 14.9. The molecule has 0 radical (unpaired) electrons. The van der Waals surface area contributed by atoms with Gasteiger partial charge in [0.1, 0.15) is 0 Å². The second-order valence-corrected chi connectivity index (χ2v) is 5.33. The van der Waals surface area contributed by atoms with Gasteiger partial charge in [0, 0.05) is 23.3 Å². The van der Waals surface area contributed by atoms with Crippen molar-refractivity contribution in [2.45, 2.75) is 32.2 Å². The van der Waals surface area contributed by atoms with Crippen molar-refractivity contribution in [1.29, 1.82) is 0 Å². The fraction of sp³-hybridized carbons (Fsp3) is 0.400. The second kappa shape index (κ2) is 4.48. The lowest BCUT2D eigenvalue weighted by Crippen LogP contribution is -2.16. The minimum Gasteiger partial charge on any atom is -0.398 e. The van der Waals surface area contributed by atoms with E-state index in [0.717, 1.165) is 28.2 Å². The first-order chi connectivity index (χ1) is 8.74. The van der Waals surface area contributed by atoms with Crippen LogP contribution in [0.3, 0.4) is 0 Å². The second-order valence-electron chi connectivity index (χ2n) is 5.33. The first-order valence-electron chi connectivity index (χ1n) is 6.64. The molecule has 3 heteroatoms. The molecule has 1 fully saturated rings. The van der Waals surface area contributed by atoms with Gasteiger partial charge in [0.05, 0.1) is 11.2 Å². The highest BCUT2D eigenvalue weighted by Gasteiger charge is 2.23. The van der Waals surface area contributed by atoms with Crippen molar-refractivity contribution in [2.75, 3.05) is 11.1 Å². The first kappa shape index (κ1) is 11.3. The third kappa shape index (κ3) is 2.26. The van der Waals surface area contributed by atoms with E-state index in [4.69, 9.17) is 5.73 Å². The Hall–Kier alpha value is -1.77. The van der Waals surface area contributed by atoms with Gasteiger partial charge in [0.25, 0.3) is 0 Å². The third-order valence-corrected chi connectivity index (χ3v) is 3.59. The Kier molecular flexibility index (Phi) is 2.82. The van der Waals surface area contributed by atoms with Crippen LogP contribution in [-0.2, 0) is 0 Å². The zero-order valence-corrected chi connectivity index (χ0v) is 10.7. The van der Waals surface area contributed by atoms with Crippen molar-refractivity contribution in [1.82, 2.24) is 4.98 Å². The minimum atomic E-state index is 0.492. The standard InChI is InChI=1S/C15H19N3/c1-10(9-11-4-5-11)18-14-7-6-13(16)12-3-2-8-17-15(12)14/h2-3,6-8,10-11,18H,4-5,9,16H2,1H3. The summed E-state index contributed by atoms with van der Waals surface area (Å²) < 4.78 is 0. The number of benzene rings is 1. The SMILES string of the molecule is CC(CC1CC1)Nc1ccc(N)c2cccnc12. The zero-order chi connectivity index (χ0) is 12.5. The van der Waals surface area contributed by atoms with Crippen molar-refractivity contribution >= 4 is 22.3 Å². The molecule has 0 amide bonds. The minimum absolute atomic E-state index is 0.492. The largest absolute Gasteiger partial charge is 0.398 e. The van der Waals surface area contributed by atoms with Gasteiger partial charge < -0.3 is 11.1 Å². The number of nitrogens with zero attached hydrogens (tertiary/aromatic N) is 1. The monoisotopic (exact) mass is 241 g/mol. The van der Waals surface area contributed by atoms with E-state index in [9.17, 15) is 0 Å². The van der Waals surface area contributed by atoms with E-state index < -0.39 is 0 Å². The van der Waals surface area contributed by atoms with Gasteiger partial charge in [0.15, 0.2) is 0 Å². The molecule has 3 rings (SSSR count). The Bertz CT molecular complexity index is 561. The van der Waals surface area contributed by atoms with Crippen LogP contribution >= 0.6 is 0 Å². The number of pyridine rings is 1. The summed E-state index contributed by atoms with van der Waals surface area (Å²) in [5, 5.41) is 4.59. The number of nitrogens with two attached hydrogens (primary N) is 1. The number of aromatic nitrogens is 1. The van der Waals surface area contributed by atoms with Crippen LogP contribution in [0.25, 0.3) is 10.9 Å². The fourth-order valence-electron chi connectivity index (χ4n) is 2.49. The third-order valence-electron chi connectivity index (χ3n) is 3.59.